The first-order chi connectivity index (χ1) is 12.1. The molecule has 0 saturated carbocycles. The molecule has 0 unspecified atom stereocenters. The van der Waals surface area contributed by atoms with Crippen molar-refractivity contribution >= 4 is 10.9 Å². The summed E-state index contributed by atoms with van der Waals surface area (Å²) in [5.41, 5.74) is 2.14. The number of nitrogens with zero attached hydrogens (tertiary/aromatic N) is 1. The Morgan fingerprint density at radius 1 is 1.08 bits per heavy atom. The second kappa shape index (κ2) is 8.00. The molecule has 0 amide bonds. The minimum atomic E-state index is -0.317. The first kappa shape index (κ1) is 17.3. The molecule has 1 aliphatic heterocycles. The number of halogens is 1. The molecule has 1 aromatic heterocycles. The summed E-state index contributed by atoms with van der Waals surface area (Å²) in [6.07, 6.45) is 0. The molecule has 3 aromatic rings. The van der Waals surface area contributed by atoms with Crippen molar-refractivity contribution in [3.8, 4) is 11.4 Å². The number of benzene rings is 2. The number of hydrogen-bond donors (Lipinski definition) is 2. The summed E-state index contributed by atoms with van der Waals surface area (Å²) in [5.74, 6) is 0.129. The van der Waals surface area contributed by atoms with Crippen molar-refractivity contribution in [2.24, 2.45) is 0 Å². The Balaban J connectivity index is 0.000000258. The van der Waals surface area contributed by atoms with Gasteiger partial charge in [-0.1, -0.05) is 11.6 Å². The lowest BCUT2D eigenvalue weighted by molar-refractivity contribution is 0.109. The normalized spacial score (nSPS) is 14.0. The molecule has 0 spiro atoms. The predicted octanol–water partition coefficient (Wildman–Crippen LogP) is 2.64. The first-order valence-electron chi connectivity index (χ1n) is 8.18. The third kappa shape index (κ3) is 4.49. The fourth-order valence-corrected chi connectivity index (χ4v) is 2.51. The maximum absolute atomic E-state index is 12.9. The van der Waals surface area contributed by atoms with Crippen LogP contribution in [0.5, 0.6) is 0 Å². The van der Waals surface area contributed by atoms with Crippen LogP contribution >= 0.6 is 0 Å². The second-order valence-corrected chi connectivity index (χ2v) is 5.80. The summed E-state index contributed by atoms with van der Waals surface area (Å²) in [4.78, 5) is 19.1. The van der Waals surface area contributed by atoms with E-state index in [1.165, 1.54) is 12.1 Å². The van der Waals surface area contributed by atoms with E-state index < -0.39 is 0 Å². The SMILES string of the molecule is C1COCCN1.Cc1ccc2nc(-c3ccc(F)cc3)[nH]c(=O)c2c1. The molecule has 2 heterocycles. The molecule has 6 heteroatoms. The zero-order chi connectivity index (χ0) is 17.6. The van der Waals surface area contributed by atoms with Gasteiger partial charge >= 0.3 is 0 Å². The topological polar surface area (TPSA) is 67.0 Å². The largest absolute Gasteiger partial charge is 0.379 e. The summed E-state index contributed by atoms with van der Waals surface area (Å²) < 4.78 is 17.9. The highest BCUT2D eigenvalue weighted by atomic mass is 19.1. The summed E-state index contributed by atoms with van der Waals surface area (Å²) in [7, 11) is 0. The molecule has 0 bridgehead atoms. The molecular formula is C19H20FN3O2. The number of morpholine rings is 1. The number of ether oxygens (including phenoxy) is 1. The standard InChI is InChI=1S/C15H11FN2O.C4H9NO/c1-9-2-7-13-12(8-9)15(19)18-14(17-13)10-3-5-11(16)6-4-10;1-3-6-4-2-5-1/h2-8H,1H3,(H,17,18,19);5H,1-4H2. The van der Waals surface area contributed by atoms with Gasteiger partial charge in [-0.25, -0.2) is 9.37 Å². The highest BCUT2D eigenvalue weighted by molar-refractivity contribution is 5.80. The number of rotatable bonds is 1. The molecule has 130 valence electrons. The summed E-state index contributed by atoms with van der Waals surface area (Å²) in [6, 6.07) is 11.4. The van der Waals surface area contributed by atoms with Crippen molar-refractivity contribution in [1.82, 2.24) is 15.3 Å². The van der Waals surface area contributed by atoms with E-state index in [4.69, 9.17) is 4.74 Å². The summed E-state index contributed by atoms with van der Waals surface area (Å²) in [6.45, 7) is 5.76. The van der Waals surface area contributed by atoms with Crippen LogP contribution in [0.3, 0.4) is 0 Å². The Labute approximate surface area is 144 Å². The molecule has 0 radical (unpaired) electrons. The van der Waals surface area contributed by atoms with Gasteiger partial charge in [0.05, 0.1) is 24.1 Å². The Morgan fingerprint density at radius 3 is 2.40 bits per heavy atom. The molecule has 4 rings (SSSR count). The maximum atomic E-state index is 12.9. The third-order valence-corrected chi connectivity index (χ3v) is 3.82. The fraction of sp³-hybridized carbons (Fsp3) is 0.263. The van der Waals surface area contributed by atoms with Crippen LogP contribution in [-0.2, 0) is 4.74 Å². The van der Waals surface area contributed by atoms with Crippen LogP contribution < -0.4 is 10.9 Å². The number of hydrogen-bond acceptors (Lipinski definition) is 4. The van der Waals surface area contributed by atoms with Crippen molar-refractivity contribution in [3.63, 3.8) is 0 Å². The van der Waals surface area contributed by atoms with Gasteiger partial charge in [0.2, 0.25) is 0 Å². The van der Waals surface area contributed by atoms with Gasteiger partial charge in [0.1, 0.15) is 11.6 Å². The number of fused-ring (bicyclic) bond motifs is 1. The number of aryl methyl sites for hydroxylation is 1. The third-order valence-electron chi connectivity index (χ3n) is 3.82. The van der Waals surface area contributed by atoms with Crippen molar-refractivity contribution in [1.29, 1.82) is 0 Å². The van der Waals surface area contributed by atoms with Crippen LogP contribution in [-0.4, -0.2) is 36.3 Å². The van der Waals surface area contributed by atoms with Gasteiger partial charge in [0.25, 0.3) is 5.56 Å². The van der Waals surface area contributed by atoms with E-state index in [0.717, 1.165) is 31.9 Å². The maximum Gasteiger partial charge on any atom is 0.259 e. The van der Waals surface area contributed by atoms with Crippen molar-refractivity contribution in [2.75, 3.05) is 26.3 Å². The van der Waals surface area contributed by atoms with Gasteiger partial charge in [0.15, 0.2) is 0 Å². The zero-order valence-corrected chi connectivity index (χ0v) is 14.0. The molecule has 5 nitrogen and oxygen atoms in total. The van der Waals surface area contributed by atoms with E-state index in [-0.39, 0.29) is 11.4 Å². The lowest BCUT2D eigenvalue weighted by Crippen LogP contribution is -2.30. The molecule has 0 atom stereocenters. The smallest absolute Gasteiger partial charge is 0.259 e. The number of nitrogens with one attached hydrogen (secondary N) is 2. The first-order valence-corrected chi connectivity index (χ1v) is 8.18. The van der Waals surface area contributed by atoms with Gasteiger partial charge in [0, 0.05) is 18.7 Å². The summed E-state index contributed by atoms with van der Waals surface area (Å²) in [5, 5.41) is 3.72. The zero-order valence-electron chi connectivity index (χ0n) is 14.0. The average Bonchev–Trinajstić information content (AvgIpc) is 2.65. The molecule has 2 aromatic carbocycles. The molecule has 1 fully saturated rings. The van der Waals surface area contributed by atoms with Gasteiger partial charge < -0.3 is 15.0 Å². The fourth-order valence-electron chi connectivity index (χ4n) is 2.51. The highest BCUT2D eigenvalue weighted by Gasteiger charge is 2.06. The van der Waals surface area contributed by atoms with Crippen LogP contribution in [0.2, 0.25) is 0 Å². The Morgan fingerprint density at radius 2 is 1.80 bits per heavy atom. The quantitative estimate of drug-likeness (QED) is 0.714. The van der Waals surface area contributed by atoms with Crippen molar-refractivity contribution in [3.05, 3.63) is 64.2 Å². The lowest BCUT2D eigenvalue weighted by atomic mass is 10.1. The number of aromatic amines is 1. The van der Waals surface area contributed by atoms with Gasteiger partial charge in [-0.3, -0.25) is 4.79 Å². The number of H-pyrrole nitrogens is 1. The minimum Gasteiger partial charge on any atom is -0.379 e. The van der Waals surface area contributed by atoms with E-state index in [1.807, 2.05) is 19.1 Å². The minimum absolute atomic E-state index is 0.187. The van der Waals surface area contributed by atoms with Crippen LogP contribution in [0.25, 0.3) is 22.3 Å². The molecule has 1 aliphatic rings. The summed E-state index contributed by atoms with van der Waals surface area (Å²) >= 11 is 0. The Kier molecular flexibility index (Phi) is 5.53. The average molecular weight is 341 g/mol. The lowest BCUT2D eigenvalue weighted by Gasteiger charge is -2.10. The van der Waals surface area contributed by atoms with Crippen LogP contribution in [0.15, 0.2) is 47.3 Å². The van der Waals surface area contributed by atoms with Crippen molar-refractivity contribution in [2.45, 2.75) is 6.92 Å². The van der Waals surface area contributed by atoms with Gasteiger partial charge in [-0.2, -0.15) is 0 Å². The van der Waals surface area contributed by atoms with Gasteiger partial charge in [-0.15, -0.1) is 0 Å². The van der Waals surface area contributed by atoms with E-state index >= 15 is 0 Å². The van der Waals surface area contributed by atoms with E-state index in [2.05, 4.69) is 15.3 Å². The number of aromatic nitrogens is 2. The van der Waals surface area contributed by atoms with Crippen molar-refractivity contribution < 1.29 is 9.13 Å². The monoisotopic (exact) mass is 341 g/mol. The Hall–Kier alpha value is -2.57. The molecule has 1 saturated heterocycles. The highest BCUT2D eigenvalue weighted by Crippen LogP contribution is 2.17. The Bertz CT molecular complexity index is 891. The molecule has 25 heavy (non-hydrogen) atoms. The molecule has 0 aliphatic carbocycles. The predicted molar refractivity (Wildman–Crippen MR) is 96.2 cm³/mol. The molecule has 2 N–H and O–H groups in total. The van der Waals surface area contributed by atoms with Crippen LogP contribution in [0.4, 0.5) is 4.39 Å². The van der Waals surface area contributed by atoms with Crippen LogP contribution in [0, 0.1) is 12.7 Å². The van der Waals surface area contributed by atoms with E-state index in [9.17, 15) is 9.18 Å². The second-order valence-electron chi connectivity index (χ2n) is 5.80. The molecular weight excluding hydrogens is 321 g/mol. The van der Waals surface area contributed by atoms with E-state index in [0.29, 0.717) is 22.3 Å². The van der Waals surface area contributed by atoms with Crippen LogP contribution in [0.1, 0.15) is 5.56 Å². The van der Waals surface area contributed by atoms with Gasteiger partial charge in [-0.05, 0) is 43.3 Å². The van der Waals surface area contributed by atoms with E-state index in [1.54, 1.807) is 18.2 Å².